The van der Waals surface area contributed by atoms with E-state index in [1.807, 2.05) is 20.8 Å². The van der Waals surface area contributed by atoms with E-state index in [0.29, 0.717) is 34.5 Å². The maximum atomic E-state index is 12.3. The summed E-state index contributed by atoms with van der Waals surface area (Å²) in [5.41, 5.74) is 4.61. The highest BCUT2D eigenvalue weighted by atomic mass is 35.5. The van der Waals surface area contributed by atoms with Crippen LogP contribution in [0.15, 0.2) is 23.3 Å². The number of nitrogens with one attached hydrogen (secondary N) is 1. The molecule has 0 saturated heterocycles. The third kappa shape index (κ3) is 3.08. The minimum absolute atomic E-state index is 0.304. The molecule has 5 nitrogen and oxygen atoms in total. The number of carbonyl (C=O) groups is 2. The van der Waals surface area contributed by atoms with Crippen LogP contribution in [-0.2, 0) is 9.59 Å². The first kappa shape index (κ1) is 15.5. The van der Waals surface area contributed by atoms with Gasteiger partial charge in [0.15, 0.2) is 0 Å². The smallest absolute Gasteiger partial charge is 0.271 e. The molecular formula is C15H18ClN3O2. The van der Waals surface area contributed by atoms with Gasteiger partial charge in [-0.15, -0.1) is 0 Å². The molecule has 21 heavy (non-hydrogen) atoms. The zero-order chi connectivity index (χ0) is 15.7. The quantitative estimate of drug-likeness (QED) is 0.686. The molecule has 1 aliphatic rings. The van der Waals surface area contributed by atoms with Gasteiger partial charge in [-0.05, 0) is 37.8 Å². The number of imide groups is 1. The van der Waals surface area contributed by atoms with Crippen LogP contribution in [0.2, 0.25) is 5.15 Å². The largest absolute Gasteiger partial charge is 0.276 e. The van der Waals surface area contributed by atoms with Crippen molar-refractivity contribution in [1.29, 1.82) is 0 Å². The minimum atomic E-state index is -0.339. The lowest BCUT2D eigenvalue weighted by molar-refractivity contribution is -0.136. The standard InChI is InChI=1S/C15H18ClN3O2/c1-8(2)7-11-10(4)14(20)19(15(11)21)18-12-6-5-9(3)13(16)17-12/h5-6,8H,7H2,1-4H3,(H,17,18). The lowest BCUT2D eigenvalue weighted by atomic mass is 10.0. The summed E-state index contributed by atoms with van der Waals surface area (Å²) in [4.78, 5) is 28.6. The van der Waals surface area contributed by atoms with Gasteiger partial charge in [0.25, 0.3) is 11.8 Å². The summed E-state index contributed by atoms with van der Waals surface area (Å²) in [5, 5.41) is 1.34. The predicted molar refractivity (Wildman–Crippen MR) is 81.6 cm³/mol. The van der Waals surface area contributed by atoms with Gasteiger partial charge in [-0.25, -0.2) is 4.98 Å². The number of rotatable bonds is 4. The van der Waals surface area contributed by atoms with E-state index in [-0.39, 0.29) is 11.8 Å². The Kier molecular flexibility index (Phi) is 4.32. The van der Waals surface area contributed by atoms with Crippen LogP contribution in [0.4, 0.5) is 5.82 Å². The highest BCUT2D eigenvalue weighted by molar-refractivity contribution is 6.30. The van der Waals surface area contributed by atoms with Crippen molar-refractivity contribution in [3.63, 3.8) is 0 Å². The summed E-state index contributed by atoms with van der Waals surface area (Å²) in [6.07, 6.45) is 0.580. The molecule has 2 rings (SSSR count). The number of aryl methyl sites for hydroxylation is 1. The van der Waals surface area contributed by atoms with Gasteiger partial charge in [0.05, 0.1) is 0 Å². The first-order valence-corrected chi connectivity index (χ1v) is 7.17. The summed E-state index contributed by atoms with van der Waals surface area (Å²) in [6, 6.07) is 3.45. The van der Waals surface area contributed by atoms with E-state index < -0.39 is 0 Å². The molecule has 1 aromatic rings. The maximum absolute atomic E-state index is 12.3. The SMILES string of the molecule is CC1=C(CC(C)C)C(=O)N(Nc2ccc(C)c(Cl)n2)C1=O. The van der Waals surface area contributed by atoms with Crippen LogP contribution >= 0.6 is 11.6 Å². The number of hydrogen-bond acceptors (Lipinski definition) is 4. The fourth-order valence-corrected chi connectivity index (χ4v) is 2.27. The lowest BCUT2D eigenvalue weighted by Crippen LogP contribution is -2.37. The Labute approximate surface area is 129 Å². The Morgan fingerprint density at radius 2 is 1.90 bits per heavy atom. The number of hydrazine groups is 1. The molecule has 0 aliphatic carbocycles. The Morgan fingerprint density at radius 1 is 1.24 bits per heavy atom. The lowest BCUT2D eigenvalue weighted by Gasteiger charge is -2.17. The number of pyridine rings is 1. The topological polar surface area (TPSA) is 62.3 Å². The molecule has 1 aromatic heterocycles. The average Bonchev–Trinajstić information content (AvgIpc) is 2.60. The summed E-state index contributed by atoms with van der Waals surface area (Å²) in [6.45, 7) is 7.53. The minimum Gasteiger partial charge on any atom is -0.271 e. The zero-order valence-corrected chi connectivity index (χ0v) is 13.3. The number of anilines is 1. The highest BCUT2D eigenvalue weighted by Gasteiger charge is 2.36. The number of aromatic nitrogens is 1. The molecule has 0 spiro atoms. The van der Waals surface area contributed by atoms with Gasteiger partial charge in [-0.3, -0.25) is 15.0 Å². The first-order valence-electron chi connectivity index (χ1n) is 6.79. The van der Waals surface area contributed by atoms with Gasteiger partial charge in [-0.1, -0.05) is 31.5 Å². The number of hydrogen-bond donors (Lipinski definition) is 1. The molecule has 0 unspecified atom stereocenters. The Bertz CT molecular complexity index is 638. The van der Waals surface area contributed by atoms with Crippen molar-refractivity contribution in [2.45, 2.75) is 34.1 Å². The monoisotopic (exact) mass is 307 g/mol. The number of halogens is 1. The van der Waals surface area contributed by atoms with Crippen LogP contribution in [0.5, 0.6) is 0 Å². The molecular weight excluding hydrogens is 290 g/mol. The summed E-state index contributed by atoms with van der Waals surface area (Å²) in [7, 11) is 0. The van der Waals surface area contributed by atoms with Crippen molar-refractivity contribution >= 4 is 29.2 Å². The van der Waals surface area contributed by atoms with E-state index in [0.717, 1.165) is 10.6 Å². The second-order valence-corrected chi connectivity index (χ2v) is 5.92. The molecule has 6 heteroatoms. The molecule has 112 valence electrons. The van der Waals surface area contributed by atoms with E-state index in [1.165, 1.54) is 0 Å². The van der Waals surface area contributed by atoms with Crippen molar-refractivity contribution in [3.8, 4) is 0 Å². The van der Waals surface area contributed by atoms with Crippen LogP contribution in [-0.4, -0.2) is 21.8 Å². The number of nitrogens with zero attached hydrogens (tertiary/aromatic N) is 2. The molecule has 0 fully saturated rings. The molecule has 0 bridgehead atoms. The fourth-order valence-electron chi connectivity index (χ4n) is 2.12. The van der Waals surface area contributed by atoms with Gasteiger partial charge in [0, 0.05) is 11.1 Å². The Balaban J connectivity index is 2.21. The van der Waals surface area contributed by atoms with E-state index >= 15 is 0 Å². The van der Waals surface area contributed by atoms with Gasteiger partial charge in [-0.2, -0.15) is 5.01 Å². The molecule has 1 aliphatic heterocycles. The Morgan fingerprint density at radius 3 is 2.48 bits per heavy atom. The normalized spacial score (nSPS) is 15.4. The Hall–Kier alpha value is -1.88. The van der Waals surface area contributed by atoms with Crippen molar-refractivity contribution in [2.75, 3.05) is 5.43 Å². The second kappa shape index (κ2) is 5.85. The van der Waals surface area contributed by atoms with Crippen LogP contribution in [0.3, 0.4) is 0 Å². The molecule has 0 radical (unpaired) electrons. The van der Waals surface area contributed by atoms with Crippen LogP contribution in [0.1, 0.15) is 32.8 Å². The van der Waals surface area contributed by atoms with E-state index in [2.05, 4.69) is 10.4 Å². The van der Waals surface area contributed by atoms with Crippen molar-refractivity contribution in [3.05, 3.63) is 34.0 Å². The van der Waals surface area contributed by atoms with Gasteiger partial charge < -0.3 is 0 Å². The fraction of sp³-hybridized carbons (Fsp3) is 0.400. The molecule has 1 N–H and O–H groups in total. The third-order valence-electron chi connectivity index (χ3n) is 3.31. The van der Waals surface area contributed by atoms with Crippen molar-refractivity contribution < 1.29 is 9.59 Å². The summed E-state index contributed by atoms with van der Waals surface area (Å²) < 4.78 is 0. The third-order valence-corrected chi connectivity index (χ3v) is 3.69. The molecule has 0 aromatic carbocycles. The number of carbonyl (C=O) groups excluding carboxylic acids is 2. The molecule has 0 atom stereocenters. The van der Waals surface area contributed by atoms with E-state index in [1.54, 1.807) is 19.1 Å². The summed E-state index contributed by atoms with van der Waals surface area (Å²) in [5.74, 6) is 0.0170. The average molecular weight is 308 g/mol. The van der Waals surface area contributed by atoms with Crippen LogP contribution in [0, 0.1) is 12.8 Å². The van der Waals surface area contributed by atoms with Gasteiger partial charge in [0.1, 0.15) is 11.0 Å². The number of amides is 2. The van der Waals surface area contributed by atoms with Crippen molar-refractivity contribution in [1.82, 2.24) is 9.99 Å². The van der Waals surface area contributed by atoms with E-state index in [9.17, 15) is 9.59 Å². The second-order valence-electron chi connectivity index (χ2n) is 5.56. The summed E-state index contributed by atoms with van der Waals surface area (Å²) >= 11 is 5.95. The highest BCUT2D eigenvalue weighted by Crippen LogP contribution is 2.26. The first-order chi connectivity index (χ1) is 9.81. The zero-order valence-electron chi connectivity index (χ0n) is 12.5. The molecule has 2 amide bonds. The van der Waals surface area contributed by atoms with Gasteiger partial charge in [0.2, 0.25) is 0 Å². The van der Waals surface area contributed by atoms with E-state index in [4.69, 9.17) is 11.6 Å². The predicted octanol–water partition coefficient (Wildman–Crippen LogP) is 3.10. The van der Waals surface area contributed by atoms with Gasteiger partial charge >= 0.3 is 0 Å². The van der Waals surface area contributed by atoms with Crippen molar-refractivity contribution in [2.24, 2.45) is 5.92 Å². The van der Waals surface area contributed by atoms with Crippen LogP contribution < -0.4 is 5.43 Å². The maximum Gasteiger partial charge on any atom is 0.276 e. The molecule has 2 heterocycles. The molecule has 0 saturated carbocycles. The van der Waals surface area contributed by atoms with Crippen LogP contribution in [0.25, 0.3) is 0 Å².